The van der Waals surface area contributed by atoms with Gasteiger partial charge in [-0.15, -0.1) is 0 Å². The normalized spacial score (nSPS) is 15.5. The number of ether oxygens (including phenoxy) is 3. The predicted molar refractivity (Wildman–Crippen MR) is 108 cm³/mol. The van der Waals surface area contributed by atoms with Crippen LogP contribution in [0.25, 0.3) is 0 Å². The van der Waals surface area contributed by atoms with Gasteiger partial charge < -0.3 is 14.2 Å². The maximum Gasteiger partial charge on any atom is 0.161 e. The van der Waals surface area contributed by atoms with Gasteiger partial charge in [0.1, 0.15) is 5.75 Å². The van der Waals surface area contributed by atoms with Gasteiger partial charge in [-0.05, 0) is 42.3 Å². The number of piperazine rings is 1. The van der Waals surface area contributed by atoms with Crippen LogP contribution in [0.5, 0.6) is 17.2 Å². The average molecular weight is 370 g/mol. The molecule has 1 saturated heterocycles. The van der Waals surface area contributed by atoms with Gasteiger partial charge in [-0.25, -0.2) is 0 Å². The van der Waals surface area contributed by atoms with Crippen molar-refractivity contribution in [1.29, 1.82) is 0 Å². The number of methoxy groups -OCH3 is 2. The Balaban J connectivity index is 1.48. The first kappa shape index (κ1) is 19.5. The van der Waals surface area contributed by atoms with Crippen molar-refractivity contribution in [2.24, 2.45) is 0 Å². The first-order valence-corrected chi connectivity index (χ1v) is 9.59. The molecule has 146 valence electrons. The highest BCUT2D eigenvalue weighted by Gasteiger charge is 2.17. The van der Waals surface area contributed by atoms with Crippen LogP contribution < -0.4 is 14.2 Å². The molecule has 5 heteroatoms. The van der Waals surface area contributed by atoms with E-state index in [-0.39, 0.29) is 0 Å². The van der Waals surface area contributed by atoms with Crippen LogP contribution in [0.1, 0.15) is 18.1 Å². The summed E-state index contributed by atoms with van der Waals surface area (Å²) in [6, 6.07) is 14.6. The molecule has 1 aliphatic rings. The fraction of sp³-hybridized carbons (Fsp3) is 0.455. The van der Waals surface area contributed by atoms with E-state index in [0.29, 0.717) is 6.61 Å². The summed E-state index contributed by atoms with van der Waals surface area (Å²) in [7, 11) is 3.35. The van der Waals surface area contributed by atoms with Crippen LogP contribution >= 0.6 is 0 Å². The molecule has 0 unspecified atom stereocenters. The molecule has 0 bridgehead atoms. The van der Waals surface area contributed by atoms with Crippen molar-refractivity contribution in [1.82, 2.24) is 9.80 Å². The second kappa shape index (κ2) is 9.62. The summed E-state index contributed by atoms with van der Waals surface area (Å²) in [5, 5.41) is 0. The van der Waals surface area contributed by atoms with E-state index in [1.807, 2.05) is 13.0 Å². The summed E-state index contributed by atoms with van der Waals surface area (Å²) in [5.74, 6) is 2.52. The Morgan fingerprint density at radius 2 is 1.30 bits per heavy atom. The van der Waals surface area contributed by atoms with E-state index in [1.54, 1.807) is 14.2 Å². The van der Waals surface area contributed by atoms with Gasteiger partial charge in [0.05, 0.1) is 20.8 Å². The smallest absolute Gasteiger partial charge is 0.161 e. The molecule has 0 radical (unpaired) electrons. The van der Waals surface area contributed by atoms with Gasteiger partial charge >= 0.3 is 0 Å². The topological polar surface area (TPSA) is 34.2 Å². The van der Waals surface area contributed by atoms with Crippen molar-refractivity contribution >= 4 is 0 Å². The van der Waals surface area contributed by atoms with E-state index in [1.165, 1.54) is 11.1 Å². The molecule has 0 N–H and O–H groups in total. The van der Waals surface area contributed by atoms with Crippen LogP contribution in [0.4, 0.5) is 0 Å². The highest BCUT2D eigenvalue weighted by atomic mass is 16.5. The second-order valence-corrected chi connectivity index (χ2v) is 6.82. The van der Waals surface area contributed by atoms with E-state index in [4.69, 9.17) is 14.2 Å². The largest absolute Gasteiger partial charge is 0.494 e. The lowest BCUT2D eigenvalue weighted by atomic mass is 10.1. The Bertz CT molecular complexity index is 710. The SMILES string of the molecule is CCOc1ccc(CN2CCN(Cc3ccc(OC)c(OC)c3)CC2)cc1. The van der Waals surface area contributed by atoms with E-state index in [9.17, 15) is 0 Å². The summed E-state index contributed by atoms with van der Waals surface area (Å²) in [4.78, 5) is 5.01. The lowest BCUT2D eigenvalue weighted by Gasteiger charge is -2.34. The van der Waals surface area contributed by atoms with Crippen LogP contribution in [0.3, 0.4) is 0 Å². The maximum absolute atomic E-state index is 5.52. The highest BCUT2D eigenvalue weighted by molar-refractivity contribution is 5.42. The summed E-state index contributed by atoms with van der Waals surface area (Å²) in [5.41, 5.74) is 2.60. The number of nitrogens with zero attached hydrogens (tertiary/aromatic N) is 2. The third-order valence-electron chi connectivity index (χ3n) is 4.96. The minimum Gasteiger partial charge on any atom is -0.494 e. The van der Waals surface area contributed by atoms with Gasteiger partial charge in [0.2, 0.25) is 0 Å². The molecule has 1 aliphatic heterocycles. The summed E-state index contributed by atoms with van der Waals surface area (Å²) in [6.07, 6.45) is 0. The van der Waals surface area contributed by atoms with Crippen molar-refractivity contribution in [3.05, 3.63) is 53.6 Å². The maximum atomic E-state index is 5.52. The second-order valence-electron chi connectivity index (χ2n) is 6.82. The molecule has 0 saturated carbocycles. The van der Waals surface area contributed by atoms with E-state index in [2.05, 4.69) is 46.2 Å². The number of benzene rings is 2. The van der Waals surface area contributed by atoms with Crippen LogP contribution in [0.2, 0.25) is 0 Å². The molecule has 27 heavy (non-hydrogen) atoms. The molecule has 5 nitrogen and oxygen atoms in total. The van der Waals surface area contributed by atoms with Crippen molar-refractivity contribution < 1.29 is 14.2 Å². The van der Waals surface area contributed by atoms with Crippen molar-refractivity contribution in [2.45, 2.75) is 20.0 Å². The summed E-state index contributed by atoms with van der Waals surface area (Å²) >= 11 is 0. The Hall–Kier alpha value is -2.24. The molecule has 0 amide bonds. The molecule has 0 atom stereocenters. The zero-order valence-corrected chi connectivity index (χ0v) is 16.6. The average Bonchev–Trinajstić information content (AvgIpc) is 2.71. The molecule has 0 aliphatic carbocycles. The zero-order valence-electron chi connectivity index (χ0n) is 16.6. The highest BCUT2D eigenvalue weighted by Crippen LogP contribution is 2.28. The zero-order chi connectivity index (χ0) is 19.1. The molecular weight excluding hydrogens is 340 g/mol. The Morgan fingerprint density at radius 1 is 0.741 bits per heavy atom. The Morgan fingerprint density at radius 3 is 1.85 bits per heavy atom. The van der Waals surface area contributed by atoms with Gasteiger partial charge in [-0.3, -0.25) is 9.80 Å². The molecule has 2 aromatic rings. The monoisotopic (exact) mass is 370 g/mol. The van der Waals surface area contributed by atoms with Crippen LogP contribution in [0, 0.1) is 0 Å². The van der Waals surface area contributed by atoms with Crippen molar-refractivity contribution in [3.8, 4) is 17.2 Å². The van der Waals surface area contributed by atoms with Crippen molar-refractivity contribution in [3.63, 3.8) is 0 Å². The van der Waals surface area contributed by atoms with Gasteiger partial charge in [0.25, 0.3) is 0 Å². The summed E-state index contributed by atoms with van der Waals surface area (Å²) < 4.78 is 16.2. The molecule has 2 aromatic carbocycles. The van der Waals surface area contributed by atoms with Gasteiger partial charge in [0.15, 0.2) is 11.5 Å². The number of hydrogen-bond donors (Lipinski definition) is 0. The Kier molecular flexibility index (Phi) is 6.96. The Labute approximate surface area is 162 Å². The van der Waals surface area contributed by atoms with Crippen molar-refractivity contribution in [2.75, 3.05) is 47.0 Å². The first-order valence-electron chi connectivity index (χ1n) is 9.59. The van der Waals surface area contributed by atoms with Gasteiger partial charge in [0, 0.05) is 39.3 Å². The van der Waals surface area contributed by atoms with Crippen LogP contribution in [-0.2, 0) is 13.1 Å². The third kappa shape index (κ3) is 5.37. The fourth-order valence-electron chi connectivity index (χ4n) is 3.46. The van der Waals surface area contributed by atoms with E-state index in [0.717, 1.165) is 56.5 Å². The molecule has 1 heterocycles. The third-order valence-corrected chi connectivity index (χ3v) is 4.96. The molecular formula is C22H30N2O3. The van der Waals surface area contributed by atoms with E-state index < -0.39 is 0 Å². The van der Waals surface area contributed by atoms with Crippen LogP contribution in [0.15, 0.2) is 42.5 Å². The molecule has 0 spiro atoms. The predicted octanol–water partition coefficient (Wildman–Crippen LogP) is 3.42. The quantitative estimate of drug-likeness (QED) is 0.711. The number of rotatable bonds is 8. The molecule has 1 fully saturated rings. The molecule has 3 rings (SSSR count). The van der Waals surface area contributed by atoms with E-state index >= 15 is 0 Å². The van der Waals surface area contributed by atoms with Gasteiger partial charge in [-0.2, -0.15) is 0 Å². The first-order chi connectivity index (χ1) is 13.2. The molecule has 0 aromatic heterocycles. The minimum atomic E-state index is 0.710. The number of hydrogen-bond acceptors (Lipinski definition) is 5. The fourth-order valence-corrected chi connectivity index (χ4v) is 3.46. The van der Waals surface area contributed by atoms with Gasteiger partial charge in [-0.1, -0.05) is 18.2 Å². The lowest BCUT2D eigenvalue weighted by Crippen LogP contribution is -2.45. The standard InChI is InChI=1S/C22H30N2O3/c1-4-27-20-8-5-18(6-9-20)16-23-11-13-24(14-12-23)17-19-7-10-21(25-2)22(15-19)26-3/h5-10,15H,4,11-14,16-17H2,1-3H3. The van der Waals surface area contributed by atoms with Crippen LogP contribution in [-0.4, -0.2) is 56.8 Å². The lowest BCUT2D eigenvalue weighted by molar-refractivity contribution is 0.122. The summed E-state index contributed by atoms with van der Waals surface area (Å²) in [6.45, 7) is 8.97. The minimum absolute atomic E-state index is 0.710.